The molecule has 0 bridgehead atoms. The van der Waals surface area contributed by atoms with Gasteiger partial charge in [-0.2, -0.15) is 0 Å². The second-order valence-electron chi connectivity index (χ2n) is 5.22. The first-order valence-electron chi connectivity index (χ1n) is 6.90. The van der Waals surface area contributed by atoms with Crippen LogP contribution in [0.3, 0.4) is 0 Å². The van der Waals surface area contributed by atoms with Gasteiger partial charge in [-0.05, 0) is 31.2 Å². The molecule has 0 radical (unpaired) electrons. The molecule has 0 amide bonds. The minimum atomic E-state index is -1.06. The summed E-state index contributed by atoms with van der Waals surface area (Å²) in [5.74, 6) is -0.501. The van der Waals surface area contributed by atoms with Crippen LogP contribution in [0, 0.1) is 16.0 Å². The third-order valence-electron chi connectivity index (χ3n) is 3.88. The number of piperidine rings is 1. The average molecular weight is 290 g/mol. The van der Waals surface area contributed by atoms with Gasteiger partial charge in [0.15, 0.2) is 0 Å². The van der Waals surface area contributed by atoms with Gasteiger partial charge in [-0.15, -0.1) is 6.58 Å². The SMILES string of the molecule is C=CCC1CCN(c2cc([N+](=O)[O-])ccc2C(=O)O)CC1. The van der Waals surface area contributed by atoms with Gasteiger partial charge in [-0.25, -0.2) is 4.79 Å². The monoisotopic (exact) mass is 290 g/mol. The van der Waals surface area contributed by atoms with Crippen LogP contribution in [0.4, 0.5) is 11.4 Å². The Morgan fingerprint density at radius 1 is 1.48 bits per heavy atom. The minimum Gasteiger partial charge on any atom is -0.478 e. The summed E-state index contributed by atoms with van der Waals surface area (Å²) in [6, 6.07) is 3.90. The lowest BCUT2D eigenvalue weighted by Crippen LogP contribution is -2.34. The molecular weight excluding hydrogens is 272 g/mol. The molecule has 1 aliphatic heterocycles. The molecule has 6 heteroatoms. The molecule has 1 saturated heterocycles. The van der Waals surface area contributed by atoms with E-state index in [4.69, 9.17) is 0 Å². The van der Waals surface area contributed by atoms with Gasteiger partial charge in [0.1, 0.15) is 0 Å². The number of carboxylic acid groups (broad SMARTS) is 1. The highest BCUT2D eigenvalue weighted by atomic mass is 16.6. The van der Waals surface area contributed by atoms with E-state index < -0.39 is 10.9 Å². The number of allylic oxidation sites excluding steroid dienone is 1. The smallest absolute Gasteiger partial charge is 0.337 e. The standard InChI is InChI=1S/C15H18N2O4/c1-2-3-11-6-8-16(9-7-11)14-10-12(17(20)21)4-5-13(14)15(18)19/h2,4-5,10-11H,1,3,6-9H2,(H,18,19). The van der Waals surface area contributed by atoms with Crippen molar-refractivity contribution < 1.29 is 14.8 Å². The lowest BCUT2D eigenvalue weighted by Gasteiger charge is -2.33. The van der Waals surface area contributed by atoms with Gasteiger partial charge >= 0.3 is 5.97 Å². The molecule has 1 heterocycles. The summed E-state index contributed by atoms with van der Waals surface area (Å²) in [7, 11) is 0. The Morgan fingerprint density at radius 2 is 2.14 bits per heavy atom. The molecule has 0 unspecified atom stereocenters. The Balaban J connectivity index is 2.25. The number of rotatable bonds is 5. The molecular formula is C15H18N2O4. The van der Waals surface area contributed by atoms with Crippen LogP contribution in [-0.4, -0.2) is 29.1 Å². The summed E-state index contributed by atoms with van der Waals surface area (Å²) in [5.41, 5.74) is 0.472. The lowest BCUT2D eigenvalue weighted by molar-refractivity contribution is -0.384. The topological polar surface area (TPSA) is 83.7 Å². The van der Waals surface area contributed by atoms with Gasteiger partial charge in [0.25, 0.3) is 5.69 Å². The first-order valence-corrected chi connectivity index (χ1v) is 6.90. The van der Waals surface area contributed by atoms with E-state index in [9.17, 15) is 20.0 Å². The predicted octanol–water partition coefficient (Wildman–Crippen LogP) is 3.09. The van der Waals surface area contributed by atoms with Gasteiger partial charge in [0.2, 0.25) is 0 Å². The van der Waals surface area contributed by atoms with E-state index in [2.05, 4.69) is 6.58 Å². The number of hydrogen-bond acceptors (Lipinski definition) is 4. The number of hydrogen-bond donors (Lipinski definition) is 1. The summed E-state index contributed by atoms with van der Waals surface area (Å²) in [5, 5.41) is 20.1. The van der Waals surface area contributed by atoms with Crippen LogP contribution in [0.1, 0.15) is 29.6 Å². The maximum absolute atomic E-state index is 11.3. The largest absolute Gasteiger partial charge is 0.478 e. The highest BCUT2D eigenvalue weighted by Gasteiger charge is 2.24. The van der Waals surface area contributed by atoms with E-state index in [1.165, 1.54) is 18.2 Å². The van der Waals surface area contributed by atoms with Gasteiger partial charge in [-0.3, -0.25) is 10.1 Å². The lowest BCUT2D eigenvalue weighted by atomic mass is 9.93. The molecule has 0 saturated carbocycles. The zero-order chi connectivity index (χ0) is 15.4. The molecule has 1 aromatic carbocycles. The number of carboxylic acids is 1. The van der Waals surface area contributed by atoms with Crippen molar-refractivity contribution in [2.45, 2.75) is 19.3 Å². The fraction of sp³-hybridized carbons (Fsp3) is 0.400. The van der Waals surface area contributed by atoms with E-state index >= 15 is 0 Å². The summed E-state index contributed by atoms with van der Waals surface area (Å²) in [6.45, 7) is 5.15. The van der Waals surface area contributed by atoms with Crippen molar-refractivity contribution in [3.05, 3.63) is 46.5 Å². The van der Waals surface area contributed by atoms with Crippen molar-refractivity contribution in [2.24, 2.45) is 5.92 Å². The Morgan fingerprint density at radius 3 is 2.67 bits per heavy atom. The first kappa shape index (κ1) is 15.0. The number of benzene rings is 1. The highest BCUT2D eigenvalue weighted by Crippen LogP contribution is 2.30. The van der Waals surface area contributed by atoms with Crippen LogP contribution in [0.15, 0.2) is 30.9 Å². The minimum absolute atomic E-state index is 0.0804. The van der Waals surface area contributed by atoms with Crippen molar-refractivity contribution >= 4 is 17.3 Å². The maximum atomic E-state index is 11.3. The van der Waals surface area contributed by atoms with Crippen molar-refractivity contribution in [2.75, 3.05) is 18.0 Å². The van der Waals surface area contributed by atoms with Crippen molar-refractivity contribution in [1.29, 1.82) is 0 Å². The number of non-ortho nitro benzene ring substituents is 1. The Hall–Kier alpha value is -2.37. The second kappa shape index (κ2) is 6.39. The van der Waals surface area contributed by atoms with Crippen LogP contribution in [-0.2, 0) is 0 Å². The predicted molar refractivity (Wildman–Crippen MR) is 79.8 cm³/mol. The van der Waals surface area contributed by atoms with E-state index in [0.29, 0.717) is 24.7 Å². The number of carbonyl (C=O) groups is 1. The Labute approximate surface area is 122 Å². The van der Waals surface area contributed by atoms with Gasteiger partial charge in [-0.1, -0.05) is 6.08 Å². The summed E-state index contributed by atoms with van der Waals surface area (Å²) >= 11 is 0. The molecule has 6 nitrogen and oxygen atoms in total. The molecule has 0 atom stereocenters. The molecule has 1 aromatic rings. The van der Waals surface area contributed by atoms with Crippen LogP contribution >= 0.6 is 0 Å². The number of aromatic carboxylic acids is 1. The Kier molecular flexibility index (Phi) is 4.57. The molecule has 21 heavy (non-hydrogen) atoms. The molecule has 2 rings (SSSR count). The molecule has 1 N–H and O–H groups in total. The Bertz CT molecular complexity index is 563. The van der Waals surface area contributed by atoms with Crippen molar-refractivity contribution in [3.8, 4) is 0 Å². The average Bonchev–Trinajstić information content (AvgIpc) is 2.47. The van der Waals surface area contributed by atoms with Crippen LogP contribution < -0.4 is 4.90 Å². The molecule has 1 aliphatic rings. The highest BCUT2D eigenvalue weighted by molar-refractivity contribution is 5.95. The number of anilines is 1. The van der Waals surface area contributed by atoms with Crippen LogP contribution in [0.5, 0.6) is 0 Å². The molecule has 0 aromatic heterocycles. The van der Waals surface area contributed by atoms with Gasteiger partial charge < -0.3 is 10.0 Å². The zero-order valence-corrected chi connectivity index (χ0v) is 11.7. The second-order valence-corrected chi connectivity index (χ2v) is 5.22. The van der Waals surface area contributed by atoms with E-state index in [0.717, 1.165) is 19.3 Å². The molecule has 112 valence electrons. The zero-order valence-electron chi connectivity index (χ0n) is 11.7. The number of nitrogens with zero attached hydrogens (tertiary/aromatic N) is 2. The van der Waals surface area contributed by atoms with Crippen LogP contribution in [0.25, 0.3) is 0 Å². The number of nitro benzene ring substituents is 1. The van der Waals surface area contributed by atoms with Gasteiger partial charge in [0, 0.05) is 25.2 Å². The fourth-order valence-corrected chi connectivity index (χ4v) is 2.72. The van der Waals surface area contributed by atoms with Crippen LogP contribution in [0.2, 0.25) is 0 Å². The fourth-order valence-electron chi connectivity index (χ4n) is 2.72. The summed E-state index contributed by atoms with van der Waals surface area (Å²) in [4.78, 5) is 23.6. The maximum Gasteiger partial charge on any atom is 0.337 e. The molecule has 0 aliphatic carbocycles. The van der Waals surface area contributed by atoms with E-state index in [-0.39, 0.29) is 11.3 Å². The third-order valence-corrected chi connectivity index (χ3v) is 3.88. The summed E-state index contributed by atoms with van der Waals surface area (Å²) in [6.07, 6.45) is 4.73. The summed E-state index contributed by atoms with van der Waals surface area (Å²) < 4.78 is 0. The van der Waals surface area contributed by atoms with E-state index in [1.807, 2.05) is 11.0 Å². The first-order chi connectivity index (χ1) is 10.0. The van der Waals surface area contributed by atoms with Crippen molar-refractivity contribution in [3.63, 3.8) is 0 Å². The van der Waals surface area contributed by atoms with Gasteiger partial charge in [0.05, 0.1) is 16.2 Å². The third kappa shape index (κ3) is 3.39. The molecule has 1 fully saturated rings. The number of nitro groups is 1. The quantitative estimate of drug-likeness (QED) is 0.512. The molecule has 0 spiro atoms. The van der Waals surface area contributed by atoms with E-state index in [1.54, 1.807) is 0 Å². The van der Waals surface area contributed by atoms with Crippen molar-refractivity contribution in [1.82, 2.24) is 0 Å². The normalized spacial score (nSPS) is 15.7.